The first kappa shape index (κ1) is 20.8. The predicted molar refractivity (Wildman–Crippen MR) is 105 cm³/mol. The van der Waals surface area contributed by atoms with Gasteiger partial charge in [0, 0.05) is 0 Å². The molecule has 0 saturated carbocycles. The van der Waals surface area contributed by atoms with E-state index in [1.54, 1.807) is 24.7 Å². The monoisotopic (exact) mass is 418 g/mol. The van der Waals surface area contributed by atoms with Crippen molar-refractivity contribution in [2.24, 2.45) is 5.14 Å². The third-order valence-corrected chi connectivity index (χ3v) is 5.43. The lowest BCUT2D eigenvalue weighted by Gasteiger charge is -2.19. The lowest BCUT2D eigenvalue weighted by Crippen LogP contribution is -3.10. The zero-order chi connectivity index (χ0) is 20.9. The number of rotatable bonds is 9. The number of amides is 1. The van der Waals surface area contributed by atoms with E-state index in [0.717, 1.165) is 22.0 Å². The molecule has 1 amide bonds. The molecule has 2 heterocycles. The fraction of sp³-hybridized carbons (Fsp3) is 0.250. The second-order valence-electron chi connectivity index (χ2n) is 6.84. The number of hydrogen-bond donors (Lipinski definition) is 3. The molecular weight excluding hydrogens is 394 g/mol. The van der Waals surface area contributed by atoms with Crippen molar-refractivity contribution >= 4 is 15.9 Å². The van der Waals surface area contributed by atoms with E-state index in [1.807, 2.05) is 31.2 Å². The van der Waals surface area contributed by atoms with E-state index in [0.29, 0.717) is 13.1 Å². The number of nitrogens with one attached hydrogen (secondary N) is 2. The summed E-state index contributed by atoms with van der Waals surface area (Å²) in [6, 6.07) is 13.2. The van der Waals surface area contributed by atoms with Crippen LogP contribution in [0.4, 0.5) is 0 Å². The first-order valence-electron chi connectivity index (χ1n) is 9.12. The molecular formula is C20H24N3O5S+. The molecule has 3 aromatic rings. The maximum absolute atomic E-state index is 12.6. The zero-order valence-electron chi connectivity index (χ0n) is 16.0. The number of quaternary nitrogens is 1. The van der Waals surface area contributed by atoms with Gasteiger partial charge in [-0.15, -0.1) is 0 Å². The van der Waals surface area contributed by atoms with E-state index in [9.17, 15) is 13.2 Å². The van der Waals surface area contributed by atoms with Crippen molar-refractivity contribution in [2.75, 3.05) is 6.54 Å². The van der Waals surface area contributed by atoms with Gasteiger partial charge in [0.05, 0.1) is 23.5 Å². The summed E-state index contributed by atoms with van der Waals surface area (Å²) in [7, 11) is -3.74. The molecule has 154 valence electrons. The van der Waals surface area contributed by atoms with Crippen LogP contribution in [0.15, 0.2) is 74.8 Å². The summed E-state index contributed by atoms with van der Waals surface area (Å²) in [5, 5.41) is 8.06. The first-order valence-corrected chi connectivity index (χ1v) is 10.7. The third kappa shape index (κ3) is 6.05. The first-order chi connectivity index (χ1) is 13.8. The van der Waals surface area contributed by atoms with Crippen molar-refractivity contribution in [3.05, 3.63) is 78.1 Å². The Morgan fingerprint density at radius 3 is 2.03 bits per heavy atom. The molecule has 1 atom stereocenters. The number of primary sulfonamides is 1. The maximum Gasteiger partial charge on any atom is 0.275 e. The second-order valence-corrected chi connectivity index (χ2v) is 8.40. The van der Waals surface area contributed by atoms with Gasteiger partial charge >= 0.3 is 0 Å². The summed E-state index contributed by atoms with van der Waals surface area (Å²) < 4.78 is 33.6. The van der Waals surface area contributed by atoms with Crippen LogP contribution in [-0.4, -0.2) is 20.9 Å². The number of carbonyl (C=O) groups is 1. The summed E-state index contributed by atoms with van der Waals surface area (Å²) in [5.74, 6) is 1.43. The molecule has 0 aliphatic rings. The van der Waals surface area contributed by atoms with Crippen LogP contribution in [0.2, 0.25) is 0 Å². The van der Waals surface area contributed by atoms with Gasteiger partial charge in [0.15, 0.2) is 18.1 Å². The Kier molecular flexibility index (Phi) is 6.53. The summed E-state index contributed by atoms with van der Waals surface area (Å²) in [5.41, 5.74) is 0.782. The van der Waals surface area contributed by atoms with Crippen molar-refractivity contribution in [2.45, 2.75) is 31.0 Å². The van der Waals surface area contributed by atoms with Crippen molar-refractivity contribution in [3.8, 4) is 0 Å². The standard InChI is InChI=1S/C20H23N3O5S/c1-15(16-6-8-19(9-7-16)29(21,25)26)22-20(24)14-23(12-17-4-2-10-27-17)13-18-5-3-11-28-18/h2-11,15H,12-14H2,1H3,(H,22,24)(H2,21,25,26)/p+1/t15-/m0/s1. The zero-order valence-corrected chi connectivity index (χ0v) is 16.8. The minimum Gasteiger partial charge on any atom is -0.463 e. The van der Waals surface area contributed by atoms with Crippen LogP contribution in [0, 0.1) is 0 Å². The van der Waals surface area contributed by atoms with E-state index in [-0.39, 0.29) is 23.4 Å². The fourth-order valence-corrected chi connectivity index (χ4v) is 3.57. The number of carbonyl (C=O) groups excluding carboxylic acids is 1. The highest BCUT2D eigenvalue weighted by Gasteiger charge is 2.20. The van der Waals surface area contributed by atoms with Gasteiger partial charge in [0.2, 0.25) is 10.0 Å². The molecule has 0 saturated heterocycles. The van der Waals surface area contributed by atoms with Gasteiger partial charge in [0.1, 0.15) is 13.1 Å². The highest BCUT2D eigenvalue weighted by Crippen LogP contribution is 2.15. The summed E-state index contributed by atoms with van der Waals surface area (Å²) >= 11 is 0. The number of benzene rings is 1. The van der Waals surface area contributed by atoms with Gasteiger partial charge < -0.3 is 19.1 Å². The minimum atomic E-state index is -3.74. The van der Waals surface area contributed by atoms with Crippen molar-refractivity contribution in [1.82, 2.24) is 5.32 Å². The molecule has 9 heteroatoms. The minimum absolute atomic E-state index is 0.0345. The molecule has 0 aliphatic heterocycles. The lowest BCUT2D eigenvalue weighted by atomic mass is 10.1. The van der Waals surface area contributed by atoms with E-state index in [2.05, 4.69) is 5.32 Å². The summed E-state index contributed by atoms with van der Waals surface area (Å²) in [4.78, 5) is 13.6. The Labute approximate surface area is 169 Å². The highest BCUT2D eigenvalue weighted by atomic mass is 32.2. The summed E-state index contributed by atoms with van der Waals surface area (Å²) in [6.07, 6.45) is 3.21. The van der Waals surface area contributed by atoms with Crippen LogP contribution in [0.1, 0.15) is 30.0 Å². The molecule has 8 nitrogen and oxygen atoms in total. The van der Waals surface area contributed by atoms with Gasteiger partial charge in [-0.25, -0.2) is 13.6 Å². The number of sulfonamides is 1. The highest BCUT2D eigenvalue weighted by molar-refractivity contribution is 7.89. The van der Waals surface area contributed by atoms with Crippen LogP contribution in [-0.2, 0) is 27.9 Å². The van der Waals surface area contributed by atoms with Gasteiger partial charge in [0.25, 0.3) is 5.91 Å². The van der Waals surface area contributed by atoms with Gasteiger partial charge in [-0.3, -0.25) is 4.79 Å². The smallest absolute Gasteiger partial charge is 0.275 e. The van der Waals surface area contributed by atoms with E-state index in [1.165, 1.54) is 12.1 Å². The number of furan rings is 2. The SMILES string of the molecule is C[C@H](NC(=O)C[NH+](Cc1ccco1)Cc1ccco1)c1ccc(S(N)(=O)=O)cc1. The Morgan fingerprint density at radius 2 is 1.59 bits per heavy atom. The van der Waals surface area contributed by atoms with E-state index in [4.69, 9.17) is 14.0 Å². The molecule has 0 spiro atoms. The molecule has 29 heavy (non-hydrogen) atoms. The molecule has 2 aromatic heterocycles. The molecule has 0 radical (unpaired) electrons. The van der Waals surface area contributed by atoms with Crippen LogP contribution in [0.5, 0.6) is 0 Å². The predicted octanol–water partition coefficient (Wildman–Crippen LogP) is 0.983. The fourth-order valence-electron chi connectivity index (χ4n) is 3.06. The second kappa shape index (κ2) is 9.08. The van der Waals surface area contributed by atoms with Crippen LogP contribution in [0.25, 0.3) is 0 Å². The average Bonchev–Trinajstić information content (AvgIpc) is 3.35. The molecule has 0 aliphatic carbocycles. The van der Waals surface area contributed by atoms with Crippen LogP contribution in [0.3, 0.4) is 0 Å². The lowest BCUT2D eigenvalue weighted by molar-refractivity contribution is -0.921. The molecule has 3 rings (SSSR count). The van der Waals surface area contributed by atoms with E-state index >= 15 is 0 Å². The topological polar surface area (TPSA) is 120 Å². The summed E-state index contributed by atoms with van der Waals surface area (Å²) in [6.45, 7) is 3.14. The Balaban J connectivity index is 1.62. The average molecular weight is 418 g/mol. The Bertz CT molecular complexity index is 977. The number of hydrogen-bond acceptors (Lipinski definition) is 5. The third-order valence-electron chi connectivity index (χ3n) is 4.51. The quantitative estimate of drug-likeness (QED) is 0.479. The molecule has 0 fully saturated rings. The molecule has 1 aromatic carbocycles. The largest absolute Gasteiger partial charge is 0.463 e. The van der Waals surface area contributed by atoms with Gasteiger partial charge in [-0.05, 0) is 48.9 Å². The number of nitrogens with two attached hydrogens (primary N) is 1. The molecule has 0 bridgehead atoms. The van der Waals surface area contributed by atoms with E-state index < -0.39 is 10.0 Å². The van der Waals surface area contributed by atoms with Gasteiger partial charge in [-0.1, -0.05) is 12.1 Å². The normalized spacial score (nSPS) is 12.8. The molecule has 4 N–H and O–H groups in total. The maximum atomic E-state index is 12.6. The van der Waals surface area contributed by atoms with Crippen LogP contribution >= 0.6 is 0 Å². The van der Waals surface area contributed by atoms with Crippen LogP contribution < -0.4 is 15.4 Å². The van der Waals surface area contributed by atoms with Gasteiger partial charge in [-0.2, -0.15) is 0 Å². The van der Waals surface area contributed by atoms with Crippen molar-refractivity contribution in [3.63, 3.8) is 0 Å². The van der Waals surface area contributed by atoms with Crippen molar-refractivity contribution in [1.29, 1.82) is 0 Å². The Morgan fingerprint density at radius 1 is 1.03 bits per heavy atom. The van der Waals surface area contributed by atoms with Crippen molar-refractivity contribution < 1.29 is 26.9 Å². The Hall–Kier alpha value is -2.88. The molecule has 0 unspecified atom stereocenters.